The number of nitriles is 1. The fourth-order valence-corrected chi connectivity index (χ4v) is 1.85. The summed E-state index contributed by atoms with van der Waals surface area (Å²) < 4.78 is 13.1. The van der Waals surface area contributed by atoms with Crippen molar-refractivity contribution in [2.75, 3.05) is 0 Å². The van der Waals surface area contributed by atoms with E-state index in [4.69, 9.17) is 5.73 Å². The van der Waals surface area contributed by atoms with Crippen LogP contribution in [0.1, 0.15) is 16.7 Å². The van der Waals surface area contributed by atoms with Crippen molar-refractivity contribution in [3.63, 3.8) is 0 Å². The number of nitrogens with zero attached hydrogens (tertiary/aromatic N) is 2. The van der Waals surface area contributed by atoms with Crippen molar-refractivity contribution in [1.29, 1.82) is 5.26 Å². The van der Waals surface area contributed by atoms with Crippen LogP contribution < -0.4 is 5.73 Å². The maximum Gasteiger partial charge on any atom is 0.123 e. The van der Waals surface area contributed by atoms with E-state index in [9.17, 15) is 9.65 Å². The SMILES string of the molecule is Cc1cc(F)ccc1/C(N)=C(/C#N)c1cccnc1. The number of pyridine rings is 1. The Morgan fingerprint density at radius 3 is 2.74 bits per heavy atom. The molecule has 2 aromatic rings. The van der Waals surface area contributed by atoms with Crippen LogP contribution in [0.4, 0.5) is 4.39 Å². The Bertz CT molecular complexity index is 670. The normalized spacial score (nSPS) is 11.6. The zero-order valence-electron chi connectivity index (χ0n) is 10.4. The molecule has 0 aliphatic rings. The molecule has 0 spiro atoms. The van der Waals surface area contributed by atoms with Crippen molar-refractivity contribution in [2.45, 2.75) is 6.92 Å². The highest BCUT2D eigenvalue weighted by Crippen LogP contribution is 2.24. The molecule has 2 N–H and O–H groups in total. The van der Waals surface area contributed by atoms with Crippen molar-refractivity contribution in [3.8, 4) is 6.07 Å². The summed E-state index contributed by atoms with van der Waals surface area (Å²) in [6.07, 6.45) is 3.20. The molecule has 1 heterocycles. The average molecular weight is 253 g/mol. The van der Waals surface area contributed by atoms with Crippen LogP contribution in [0.5, 0.6) is 0 Å². The minimum Gasteiger partial charge on any atom is -0.397 e. The highest BCUT2D eigenvalue weighted by molar-refractivity contribution is 5.96. The van der Waals surface area contributed by atoms with Gasteiger partial charge < -0.3 is 5.73 Å². The second kappa shape index (κ2) is 5.32. The second-order valence-corrected chi connectivity index (χ2v) is 4.10. The Balaban J connectivity index is 2.59. The largest absolute Gasteiger partial charge is 0.397 e. The Kier molecular flexibility index (Phi) is 3.58. The van der Waals surface area contributed by atoms with Gasteiger partial charge in [-0.05, 0) is 36.8 Å². The molecule has 19 heavy (non-hydrogen) atoms. The lowest BCUT2D eigenvalue weighted by molar-refractivity contribution is 0.626. The van der Waals surface area contributed by atoms with E-state index < -0.39 is 0 Å². The summed E-state index contributed by atoms with van der Waals surface area (Å²) in [5.41, 5.74) is 8.69. The zero-order valence-corrected chi connectivity index (χ0v) is 10.4. The van der Waals surface area contributed by atoms with E-state index in [1.165, 1.54) is 12.1 Å². The summed E-state index contributed by atoms with van der Waals surface area (Å²) in [7, 11) is 0. The summed E-state index contributed by atoms with van der Waals surface area (Å²) in [6.45, 7) is 1.75. The number of aryl methyl sites for hydroxylation is 1. The first kappa shape index (κ1) is 12.8. The fourth-order valence-electron chi connectivity index (χ4n) is 1.85. The second-order valence-electron chi connectivity index (χ2n) is 4.10. The maximum absolute atomic E-state index is 13.1. The molecule has 0 amide bonds. The number of hydrogen-bond acceptors (Lipinski definition) is 3. The van der Waals surface area contributed by atoms with Gasteiger partial charge in [-0.15, -0.1) is 0 Å². The molecule has 2 rings (SSSR count). The lowest BCUT2D eigenvalue weighted by Gasteiger charge is -2.09. The summed E-state index contributed by atoms with van der Waals surface area (Å²) in [5, 5.41) is 9.27. The van der Waals surface area contributed by atoms with Crippen LogP contribution in [-0.2, 0) is 0 Å². The molecule has 0 bridgehead atoms. The third kappa shape index (κ3) is 2.61. The van der Waals surface area contributed by atoms with E-state index in [-0.39, 0.29) is 5.82 Å². The van der Waals surface area contributed by atoms with E-state index in [1.807, 2.05) is 0 Å². The van der Waals surface area contributed by atoms with Gasteiger partial charge in [0.05, 0.1) is 11.3 Å². The third-order valence-corrected chi connectivity index (χ3v) is 2.81. The van der Waals surface area contributed by atoms with E-state index in [1.54, 1.807) is 37.5 Å². The van der Waals surface area contributed by atoms with Crippen molar-refractivity contribution in [3.05, 3.63) is 65.2 Å². The van der Waals surface area contributed by atoms with Gasteiger partial charge in [0.25, 0.3) is 0 Å². The Morgan fingerprint density at radius 2 is 2.16 bits per heavy atom. The number of nitrogens with two attached hydrogens (primary N) is 1. The van der Waals surface area contributed by atoms with Crippen LogP contribution in [0.15, 0.2) is 42.7 Å². The van der Waals surface area contributed by atoms with Crippen LogP contribution in [0, 0.1) is 24.1 Å². The first-order valence-corrected chi connectivity index (χ1v) is 5.70. The molecule has 0 atom stereocenters. The van der Waals surface area contributed by atoms with Gasteiger partial charge in [-0.2, -0.15) is 5.26 Å². The molecule has 0 radical (unpaired) electrons. The van der Waals surface area contributed by atoms with E-state index in [2.05, 4.69) is 11.1 Å². The number of benzene rings is 1. The molecule has 1 aromatic heterocycles. The topological polar surface area (TPSA) is 62.7 Å². The Labute approximate surface area is 110 Å². The van der Waals surface area contributed by atoms with Crippen LogP contribution in [-0.4, -0.2) is 4.98 Å². The molecule has 94 valence electrons. The van der Waals surface area contributed by atoms with E-state index in [0.29, 0.717) is 28.0 Å². The van der Waals surface area contributed by atoms with Crippen LogP contribution >= 0.6 is 0 Å². The van der Waals surface area contributed by atoms with Gasteiger partial charge in [0, 0.05) is 23.5 Å². The van der Waals surface area contributed by atoms with Gasteiger partial charge in [0.1, 0.15) is 11.9 Å². The first-order chi connectivity index (χ1) is 9.13. The molecular formula is C15H12FN3. The molecule has 0 saturated carbocycles. The molecule has 3 nitrogen and oxygen atoms in total. The van der Waals surface area contributed by atoms with Crippen LogP contribution in [0.3, 0.4) is 0 Å². The van der Waals surface area contributed by atoms with Gasteiger partial charge in [-0.1, -0.05) is 6.07 Å². The molecule has 1 aromatic carbocycles. The predicted octanol–water partition coefficient (Wildman–Crippen LogP) is 2.88. The Morgan fingerprint density at radius 1 is 1.37 bits per heavy atom. The third-order valence-electron chi connectivity index (χ3n) is 2.81. The number of aromatic nitrogens is 1. The quantitative estimate of drug-likeness (QED) is 0.837. The summed E-state index contributed by atoms with van der Waals surface area (Å²) in [5.74, 6) is -0.325. The number of allylic oxidation sites excluding steroid dienone is 1. The van der Waals surface area contributed by atoms with Crippen molar-refractivity contribution in [1.82, 2.24) is 4.98 Å². The molecule has 0 aliphatic heterocycles. The average Bonchev–Trinajstić information content (AvgIpc) is 2.40. The highest BCUT2D eigenvalue weighted by atomic mass is 19.1. The van der Waals surface area contributed by atoms with Gasteiger partial charge in [0.15, 0.2) is 0 Å². The van der Waals surface area contributed by atoms with Gasteiger partial charge in [-0.25, -0.2) is 4.39 Å². The molecule has 0 saturated heterocycles. The highest BCUT2D eigenvalue weighted by Gasteiger charge is 2.11. The van der Waals surface area contributed by atoms with Crippen LogP contribution in [0.25, 0.3) is 11.3 Å². The molecule has 0 fully saturated rings. The minimum absolute atomic E-state index is 0.325. The minimum atomic E-state index is -0.325. The van der Waals surface area contributed by atoms with Crippen molar-refractivity contribution < 1.29 is 4.39 Å². The predicted molar refractivity (Wildman–Crippen MR) is 72.0 cm³/mol. The van der Waals surface area contributed by atoms with Gasteiger partial charge in [-0.3, -0.25) is 4.98 Å². The van der Waals surface area contributed by atoms with Gasteiger partial charge >= 0.3 is 0 Å². The maximum atomic E-state index is 13.1. The standard InChI is InChI=1S/C15H12FN3/c1-10-7-12(16)4-5-13(10)15(18)14(8-17)11-3-2-6-19-9-11/h2-7,9H,18H2,1H3/b15-14+. The van der Waals surface area contributed by atoms with Gasteiger partial charge in [0.2, 0.25) is 0 Å². The molecular weight excluding hydrogens is 241 g/mol. The van der Waals surface area contributed by atoms with Crippen molar-refractivity contribution in [2.24, 2.45) is 5.73 Å². The zero-order chi connectivity index (χ0) is 13.8. The smallest absolute Gasteiger partial charge is 0.123 e. The van der Waals surface area contributed by atoms with Crippen LogP contribution in [0.2, 0.25) is 0 Å². The molecule has 4 heteroatoms. The summed E-state index contributed by atoms with van der Waals surface area (Å²) >= 11 is 0. The summed E-state index contributed by atoms with van der Waals surface area (Å²) in [6, 6.07) is 9.87. The molecule has 0 unspecified atom stereocenters. The number of hydrogen-bond donors (Lipinski definition) is 1. The van der Waals surface area contributed by atoms with Crippen molar-refractivity contribution >= 4 is 11.3 Å². The molecule has 0 aliphatic carbocycles. The first-order valence-electron chi connectivity index (χ1n) is 5.70. The van der Waals surface area contributed by atoms with E-state index >= 15 is 0 Å². The fraction of sp³-hybridized carbons (Fsp3) is 0.0667. The lowest BCUT2D eigenvalue weighted by Crippen LogP contribution is -2.03. The number of halogens is 1. The van der Waals surface area contributed by atoms with E-state index in [0.717, 1.165) is 0 Å². The summed E-state index contributed by atoms with van der Waals surface area (Å²) in [4.78, 5) is 3.97. The number of rotatable bonds is 2. The monoisotopic (exact) mass is 253 g/mol. The Hall–Kier alpha value is -2.67. The lowest BCUT2D eigenvalue weighted by atomic mass is 9.99.